The minimum atomic E-state index is -0.154. The zero-order valence-corrected chi connectivity index (χ0v) is 15.0. The Labute approximate surface area is 144 Å². The summed E-state index contributed by atoms with van der Waals surface area (Å²) in [5.41, 5.74) is 8.94. The van der Waals surface area contributed by atoms with Gasteiger partial charge in [0, 0.05) is 24.7 Å². The van der Waals surface area contributed by atoms with Gasteiger partial charge in [-0.05, 0) is 50.7 Å². The van der Waals surface area contributed by atoms with E-state index < -0.39 is 0 Å². The number of likely N-dealkylation sites (N-methyl/N-ethyl adjacent to an activating group) is 1. The van der Waals surface area contributed by atoms with E-state index in [-0.39, 0.29) is 30.3 Å². The van der Waals surface area contributed by atoms with Crippen LogP contribution in [0.5, 0.6) is 0 Å². The summed E-state index contributed by atoms with van der Waals surface area (Å²) in [7, 11) is 0. The lowest BCUT2D eigenvalue weighted by Gasteiger charge is -2.24. The highest BCUT2D eigenvalue weighted by Crippen LogP contribution is 2.27. The minimum absolute atomic E-state index is 0.0245. The van der Waals surface area contributed by atoms with Crippen molar-refractivity contribution in [3.05, 3.63) is 29.3 Å². The lowest BCUT2D eigenvalue weighted by atomic mass is 9.99. The number of aryl methyl sites for hydroxylation is 2. The van der Waals surface area contributed by atoms with Crippen LogP contribution in [0.15, 0.2) is 18.2 Å². The summed E-state index contributed by atoms with van der Waals surface area (Å²) in [4.78, 5) is 26.5. The number of rotatable bonds is 6. The zero-order valence-electron chi connectivity index (χ0n) is 15.0. The quantitative estimate of drug-likeness (QED) is 0.841. The highest BCUT2D eigenvalue weighted by molar-refractivity contribution is 5.95. The highest BCUT2D eigenvalue weighted by Gasteiger charge is 2.28. The molecule has 1 fully saturated rings. The summed E-state index contributed by atoms with van der Waals surface area (Å²) in [6.45, 7) is 6.45. The number of nitrogens with two attached hydrogens (primary N) is 1. The molecule has 1 aromatic rings. The Balaban J connectivity index is 1.94. The molecular weight excluding hydrogens is 302 g/mol. The molecule has 0 radical (unpaired) electrons. The molecule has 0 unspecified atom stereocenters. The molecule has 1 aliphatic rings. The molecule has 3 N–H and O–H groups in total. The molecule has 0 bridgehead atoms. The van der Waals surface area contributed by atoms with Gasteiger partial charge in [-0.3, -0.25) is 9.59 Å². The molecule has 2 amide bonds. The van der Waals surface area contributed by atoms with Crippen molar-refractivity contribution in [3.8, 4) is 0 Å². The number of benzene rings is 1. The molecule has 2 atom stereocenters. The largest absolute Gasteiger partial charge is 0.334 e. The number of carbonyl (C=O) groups is 2. The number of nitrogens with zero attached hydrogens (tertiary/aromatic N) is 1. The molecule has 0 saturated heterocycles. The van der Waals surface area contributed by atoms with Crippen molar-refractivity contribution in [2.75, 3.05) is 18.4 Å². The topological polar surface area (TPSA) is 75.4 Å². The second kappa shape index (κ2) is 8.29. The minimum Gasteiger partial charge on any atom is -0.334 e. The van der Waals surface area contributed by atoms with Crippen molar-refractivity contribution < 1.29 is 9.59 Å². The number of amides is 2. The van der Waals surface area contributed by atoms with Crippen LogP contribution < -0.4 is 11.1 Å². The summed E-state index contributed by atoms with van der Waals surface area (Å²) in [5, 5.41) is 2.94. The van der Waals surface area contributed by atoms with E-state index in [1.165, 1.54) is 0 Å². The molecule has 1 aliphatic carbocycles. The van der Waals surface area contributed by atoms with E-state index in [1.54, 1.807) is 4.90 Å². The van der Waals surface area contributed by atoms with Crippen LogP contribution in [0.1, 0.15) is 43.7 Å². The van der Waals surface area contributed by atoms with E-state index in [0.717, 1.165) is 36.1 Å². The van der Waals surface area contributed by atoms with Crippen LogP contribution in [0, 0.1) is 19.8 Å². The molecule has 1 saturated carbocycles. The Morgan fingerprint density at radius 1 is 1.25 bits per heavy atom. The first-order valence-electron chi connectivity index (χ1n) is 8.81. The molecule has 2 rings (SSSR count). The maximum absolute atomic E-state index is 12.5. The first kappa shape index (κ1) is 18.5. The summed E-state index contributed by atoms with van der Waals surface area (Å²) in [6.07, 6.45) is 3.56. The maximum Gasteiger partial charge on any atom is 0.244 e. The maximum atomic E-state index is 12.5. The normalized spacial score (nSPS) is 20.0. The van der Waals surface area contributed by atoms with Gasteiger partial charge in [0.15, 0.2) is 0 Å². The van der Waals surface area contributed by atoms with Crippen LogP contribution >= 0.6 is 0 Å². The van der Waals surface area contributed by atoms with Crippen LogP contribution in [0.2, 0.25) is 0 Å². The Kier molecular flexibility index (Phi) is 6.37. The van der Waals surface area contributed by atoms with Gasteiger partial charge in [0.1, 0.15) is 0 Å². The molecule has 132 valence electrons. The third-order valence-corrected chi connectivity index (χ3v) is 4.97. The van der Waals surface area contributed by atoms with Crippen LogP contribution in [-0.4, -0.2) is 35.8 Å². The average Bonchev–Trinajstić information content (AvgIpc) is 2.93. The fourth-order valence-corrected chi connectivity index (χ4v) is 3.41. The summed E-state index contributed by atoms with van der Waals surface area (Å²) < 4.78 is 0. The average molecular weight is 331 g/mol. The second-order valence-electron chi connectivity index (χ2n) is 6.78. The van der Waals surface area contributed by atoms with Crippen molar-refractivity contribution in [2.24, 2.45) is 11.7 Å². The van der Waals surface area contributed by atoms with Crippen molar-refractivity contribution >= 4 is 17.5 Å². The molecule has 0 aromatic heterocycles. The number of carbonyl (C=O) groups excluding carboxylic acids is 2. The van der Waals surface area contributed by atoms with Crippen LogP contribution in [0.25, 0.3) is 0 Å². The van der Waals surface area contributed by atoms with Crippen molar-refractivity contribution in [2.45, 2.75) is 52.5 Å². The van der Waals surface area contributed by atoms with Gasteiger partial charge in [-0.2, -0.15) is 0 Å². The van der Waals surface area contributed by atoms with Gasteiger partial charge in [-0.1, -0.05) is 24.6 Å². The molecule has 5 heteroatoms. The number of para-hydroxylation sites is 1. The van der Waals surface area contributed by atoms with Crippen molar-refractivity contribution in [1.82, 2.24) is 4.90 Å². The third-order valence-electron chi connectivity index (χ3n) is 4.97. The SMILES string of the molecule is CCN(CC(=O)Nc1c(C)cccc1C)C(=O)C[C@@H]1CCC[C@H]1N. The molecule has 1 aromatic carbocycles. The first-order chi connectivity index (χ1) is 11.4. The van der Waals surface area contributed by atoms with E-state index in [4.69, 9.17) is 5.73 Å². The smallest absolute Gasteiger partial charge is 0.244 e. The third kappa shape index (κ3) is 4.57. The van der Waals surface area contributed by atoms with E-state index in [2.05, 4.69) is 5.32 Å². The lowest BCUT2D eigenvalue weighted by molar-refractivity contribution is -0.135. The van der Waals surface area contributed by atoms with Crippen LogP contribution in [0.3, 0.4) is 0 Å². The molecule has 0 heterocycles. The molecule has 0 aliphatic heterocycles. The van der Waals surface area contributed by atoms with Crippen LogP contribution in [0.4, 0.5) is 5.69 Å². The Hall–Kier alpha value is -1.88. The van der Waals surface area contributed by atoms with Gasteiger partial charge in [-0.25, -0.2) is 0 Å². The highest BCUT2D eigenvalue weighted by atomic mass is 16.2. The summed E-state index contributed by atoms with van der Waals surface area (Å²) >= 11 is 0. The predicted molar refractivity (Wildman–Crippen MR) is 96.7 cm³/mol. The van der Waals surface area contributed by atoms with E-state index >= 15 is 0 Å². The van der Waals surface area contributed by atoms with Crippen molar-refractivity contribution in [1.29, 1.82) is 0 Å². The van der Waals surface area contributed by atoms with Crippen molar-refractivity contribution in [3.63, 3.8) is 0 Å². The van der Waals surface area contributed by atoms with Gasteiger partial charge in [0.25, 0.3) is 0 Å². The Morgan fingerprint density at radius 2 is 1.92 bits per heavy atom. The number of anilines is 1. The zero-order chi connectivity index (χ0) is 17.7. The molecule has 24 heavy (non-hydrogen) atoms. The Morgan fingerprint density at radius 3 is 2.46 bits per heavy atom. The standard InChI is InChI=1S/C19H29N3O2/c1-4-22(18(24)11-15-9-6-10-16(15)20)12-17(23)21-19-13(2)7-5-8-14(19)3/h5,7-8,15-16H,4,6,9-12,20H2,1-3H3,(H,21,23)/t15-,16+/m0/s1. The number of hydrogen-bond acceptors (Lipinski definition) is 3. The van der Waals surface area contributed by atoms with Gasteiger partial charge in [-0.15, -0.1) is 0 Å². The van der Waals surface area contributed by atoms with Gasteiger partial charge < -0.3 is 16.0 Å². The van der Waals surface area contributed by atoms with Gasteiger partial charge >= 0.3 is 0 Å². The van der Waals surface area contributed by atoms with Gasteiger partial charge in [0.05, 0.1) is 6.54 Å². The number of hydrogen-bond donors (Lipinski definition) is 2. The fraction of sp³-hybridized carbons (Fsp3) is 0.579. The Bertz CT molecular complexity index is 580. The number of nitrogens with one attached hydrogen (secondary N) is 1. The molecule has 5 nitrogen and oxygen atoms in total. The molecule has 0 spiro atoms. The lowest BCUT2D eigenvalue weighted by Crippen LogP contribution is -2.40. The summed E-state index contributed by atoms with van der Waals surface area (Å²) in [5.74, 6) is 0.128. The van der Waals surface area contributed by atoms with E-state index in [1.807, 2.05) is 39.0 Å². The van der Waals surface area contributed by atoms with Gasteiger partial charge in [0.2, 0.25) is 11.8 Å². The monoisotopic (exact) mass is 331 g/mol. The second-order valence-corrected chi connectivity index (χ2v) is 6.78. The van der Waals surface area contributed by atoms with E-state index in [9.17, 15) is 9.59 Å². The van der Waals surface area contributed by atoms with Crippen LogP contribution in [-0.2, 0) is 9.59 Å². The fourth-order valence-electron chi connectivity index (χ4n) is 3.41. The molecular formula is C19H29N3O2. The first-order valence-corrected chi connectivity index (χ1v) is 8.81. The predicted octanol–water partition coefficient (Wildman–Crippen LogP) is 2.61. The van der Waals surface area contributed by atoms with E-state index in [0.29, 0.717) is 13.0 Å². The summed E-state index contributed by atoms with van der Waals surface area (Å²) in [6, 6.07) is 6.02.